The van der Waals surface area contributed by atoms with Crippen molar-refractivity contribution in [3.8, 4) is 0 Å². The lowest BCUT2D eigenvalue weighted by molar-refractivity contribution is -0.343. The molecule has 0 aromatic carbocycles. The van der Waals surface area contributed by atoms with E-state index in [1.54, 1.807) is 0 Å². The van der Waals surface area contributed by atoms with Gasteiger partial charge in [0.2, 0.25) is 0 Å². The van der Waals surface area contributed by atoms with E-state index in [4.69, 9.17) is 0 Å². The van der Waals surface area contributed by atoms with Gasteiger partial charge in [-0.3, -0.25) is 0 Å². The van der Waals surface area contributed by atoms with Gasteiger partial charge in [-0.2, -0.15) is 26.3 Å². The molecule has 0 aliphatic heterocycles. The second-order valence-corrected chi connectivity index (χ2v) is 4.94. The van der Waals surface area contributed by atoms with Gasteiger partial charge in [0.25, 0.3) is 0 Å². The average molecular weight is 272 g/mol. The minimum Gasteiger partial charge on any atom is -0.203 e. The molecule has 8 heteroatoms. The fraction of sp³-hybridized carbons (Fsp3) is 1.00. The highest BCUT2D eigenvalue weighted by atomic mass is 19.4. The zero-order chi connectivity index (χ0) is 14.3. The zero-order valence-corrected chi connectivity index (χ0v) is 9.31. The Morgan fingerprint density at radius 3 is 1.41 bits per heavy atom. The van der Waals surface area contributed by atoms with Crippen molar-refractivity contribution < 1.29 is 35.1 Å². The van der Waals surface area contributed by atoms with Gasteiger partial charge >= 0.3 is 24.2 Å². The first-order valence-electron chi connectivity index (χ1n) is 4.57. The molecule has 0 saturated heterocycles. The van der Waals surface area contributed by atoms with Crippen molar-refractivity contribution in [1.29, 1.82) is 0 Å². The van der Waals surface area contributed by atoms with Gasteiger partial charge in [0.15, 0.2) is 0 Å². The van der Waals surface area contributed by atoms with Crippen molar-refractivity contribution in [3.63, 3.8) is 0 Å². The van der Waals surface area contributed by atoms with Crippen LogP contribution >= 0.6 is 0 Å². The summed E-state index contributed by atoms with van der Waals surface area (Å²) in [5.41, 5.74) is -1.41. The highest BCUT2D eigenvalue weighted by molar-refractivity contribution is 4.99. The SMILES string of the molecule is CC(C)(C)CC(F)(F)C(F)(F)C(F)(F)C(F)F. The van der Waals surface area contributed by atoms with Crippen LogP contribution in [0.25, 0.3) is 0 Å². The Morgan fingerprint density at radius 2 is 1.18 bits per heavy atom. The van der Waals surface area contributed by atoms with Crippen molar-refractivity contribution in [1.82, 2.24) is 0 Å². The van der Waals surface area contributed by atoms with E-state index in [1.807, 2.05) is 0 Å². The van der Waals surface area contributed by atoms with E-state index in [-0.39, 0.29) is 0 Å². The van der Waals surface area contributed by atoms with Crippen LogP contribution in [0.3, 0.4) is 0 Å². The maximum absolute atomic E-state index is 13.0. The molecule has 0 aromatic heterocycles. The molecule has 0 rings (SSSR count). The third-order valence-electron chi connectivity index (χ3n) is 1.90. The molecule has 0 amide bonds. The first-order chi connectivity index (χ1) is 7.15. The molecule has 0 unspecified atom stereocenters. The summed E-state index contributed by atoms with van der Waals surface area (Å²) in [7, 11) is 0. The van der Waals surface area contributed by atoms with Crippen LogP contribution in [0, 0.1) is 5.41 Å². The topological polar surface area (TPSA) is 0 Å². The Morgan fingerprint density at radius 1 is 0.824 bits per heavy atom. The van der Waals surface area contributed by atoms with Gasteiger partial charge in [0.1, 0.15) is 0 Å². The summed E-state index contributed by atoms with van der Waals surface area (Å²) in [5.74, 6) is -17.4. The fourth-order valence-electron chi connectivity index (χ4n) is 1.16. The summed E-state index contributed by atoms with van der Waals surface area (Å²) in [6.07, 6.45) is -6.49. The lowest BCUT2D eigenvalue weighted by atomic mass is 9.85. The number of hydrogen-bond donors (Lipinski definition) is 0. The molecule has 0 saturated carbocycles. The predicted octanol–water partition coefficient (Wildman–Crippen LogP) is 4.59. The van der Waals surface area contributed by atoms with Crippen LogP contribution in [-0.4, -0.2) is 24.2 Å². The monoisotopic (exact) mass is 272 g/mol. The van der Waals surface area contributed by atoms with E-state index >= 15 is 0 Å². The third kappa shape index (κ3) is 3.22. The molecule has 104 valence electrons. The number of halogens is 8. The molecular formula is C9H12F8. The van der Waals surface area contributed by atoms with Crippen LogP contribution in [0.2, 0.25) is 0 Å². The van der Waals surface area contributed by atoms with Crippen molar-refractivity contribution in [2.45, 2.75) is 51.4 Å². The summed E-state index contributed by atoms with van der Waals surface area (Å²) in [4.78, 5) is 0. The van der Waals surface area contributed by atoms with Crippen LogP contribution in [0.1, 0.15) is 27.2 Å². The Hall–Kier alpha value is -0.560. The molecule has 0 aliphatic carbocycles. The molecular weight excluding hydrogens is 260 g/mol. The standard InChI is InChI=1S/C9H12F8/c1-6(2,3)4-7(12,13)9(16,17)8(14,15)5(10)11/h5H,4H2,1-3H3. The zero-order valence-electron chi connectivity index (χ0n) is 9.31. The van der Waals surface area contributed by atoms with Gasteiger partial charge in [0, 0.05) is 6.42 Å². The molecule has 0 heterocycles. The lowest BCUT2D eigenvalue weighted by Crippen LogP contribution is -2.58. The number of rotatable bonds is 4. The van der Waals surface area contributed by atoms with Crippen LogP contribution in [-0.2, 0) is 0 Å². The molecule has 0 radical (unpaired) electrons. The summed E-state index contributed by atoms with van der Waals surface area (Å²) in [6.45, 7) is 3.33. The van der Waals surface area contributed by atoms with E-state index < -0.39 is 36.0 Å². The quantitative estimate of drug-likeness (QED) is 0.656. The minimum atomic E-state index is -6.10. The van der Waals surface area contributed by atoms with Crippen molar-refractivity contribution >= 4 is 0 Å². The van der Waals surface area contributed by atoms with Crippen molar-refractivity contribution in [2.24, 2.45) is 5.41 Å². The summed E-state index contributed by atoms with van der Waals surface area (Å²) < 4.78 is 99.8. The van der Waals surface area contributed by atoms with Crippen molar-refractivity contribution in [3.05, 3.63) is 0 Å². The maximum atomic E-state index is 13.0. The number of alkyl halides is 8. The maximum Gasteiger partial charge on any atom is 0.377 e. The molecule has 17 heavy (non-hydrogen) atoms. The molecule has 0 atom stereocenters. The molecule has 0 aromatic rings. The van der Waals surface area contributed by atoms with E-state index in [1.165, 1.54) is 0 Å². The van der Waals surface area contributed by atoms with Crippen LogP contribution in [0.15, 0.2) is 0 Å². The molecule has 0 nitrogen and oxygen atoms in total. The Bertz CT molecular complexity index is 263. The van der Waals surface area contributed by atoms with Crippen LogP contribution < -0.4 is 0 Å². The van der Waals surface area contributed by atoms with E-state index in [2.05, 4.69) is 0 Å². The number of hydrogen-bond acceptors (Lipinski definition) is 0. The first-order valence-corrected chi connectivity index (χ1v) is 4.57. The van der Waals surface area contributed by atoms with Gasteiger partial charge in [-0.15, -0.1) is 0 Å². The highest BCUT2D eigenvalue weighted by Crippen LogP contribution is 2.52. The van der Waals surface area contributed by atoms with Crippen LogP contribution in [0.4, 0.5) is 35.1 Å². The third-order valence-corrected chi connectivity index (χ3v) is 1.90. The van der Waals surface area contributed by atoms with Gasteiger partial charge < -0.3 is 0 Å². The average Bonchev–Trinajstić information content (AvgIpc) is 1.98. The van der Waals surface area contributed by atoms with Crippen LogP contribution in [0.5, 0.6) is 0 Å². The lowest BCUT2D eigenvalue weighted by Gasteiger charge is -2.35. The van der Waals surface area contributed by atoms with E-state index in [0.717, 1.165) is 20.8 Å². The molecule has 0 spiro atoms. The summed E-state index contributed by atoms with van der Waals surface area (Å²) in [5, 5.41) is 0. The Balaban J connectivity index is 5.30. The normalized spacial score (nSPS) is 15.5. The minimum absolute atomic E-state index is 1.11. The van der Waals surface area contributed by atoms with Gasteiger partial charge in [-0.05, 0) is 5.41 Å². The fourth-order valence-corrected chi connectivity index (χ4v) is 1.16. The van der Waals surface area contributed by atoms with E-state index in [9.17, 15) is 35.1 Å². The molecule has 0 N–H and O–H groups in total. The second kappa shape index (κ2) is 4.28. The largest absolute Gasteiger partial charge is 0.377 e. The van der Waals surface area contributed by atoms with Crippen molar-refractivity contribution in [2.75, 3.05) is 0 Å². The highest BCUT2D eigenvalue weighted by Gasteiger charge is 2.75. The first kappa shape index (κ1) is 16.4. The van der Waals surface area contributed by atoms with Gasteiger partial charge in [0.05, 0.1) is 0 Å². The molecule has 0 aliphatic rings. The van der Waals surface area contributed by atoms with Gasteiger partial charge in [-0.25, -0.2) is 8.78 Å². The smallest absolute Gasteiger partial charge is 0.203 e. The predicted molar refractivity (Wildman–Crippen MR) is 44.9 cm³/mol. The molecule has 0 fully saturated rings. The Labute approximate surface area is 93.0 Å². The van der Waals surface area contributed by atoms with Gasteiger partial charge in [-0.1, -0.05) is 20.8 Å². The summed E-state index contributed by atoms with van der Waals surface area (Å²) >= 11 is 0. The summed E-state index contributed by atoms with van der Waals surface area (Å²) in [6, 6.07) is 0. The van der Waals surface area contributed by atoms with E-state index in [0.29, 0.717) is 0 Å². The molecule has 0 bridgehead atoms. The Kier molecular flexibility index (Phi) is 4.13. The second-order valence-electron chi connectivity index (χ2n) is 4.94.